The van der Waals surface area contributed by atoms with Crippen molar-refractivity contribution >= 4 is 40.8 Å². The van der Waals surface area contributed by atoms with Crippen LogP contribution in [0.4, 0.5) is 0 Å². The van der Waals surface area contributed by atoms with Crippen LogP contribution in [0.15, 0.2) is 26.9 Å². The predicted octanol–water partition coefficient (Wildman–Crippen LogP) is 3.56. The van der Waals surface area contributed by atoms with Gasteiger partial charge in [0.15, 0.2) is 8.68 Å². The van der Waals surface area contributed by atoms with Crippen molar-refractivity contribution in [3.05, 3.63) is 34.9 Å². The van der Waals surface area contributed by atoms with Gasteiger partial charge in [0.25, 0.3) is 0 Å². The van der Waals surface area contributed by atoms with Crippen molar-refractivity contribution in [1.82, 2.24) is 10.2 Å². The molecule has 0 radical (unpaired) electrons. The maximum absolute atomic E-state index is 10.9. The summed E-state index contributed by atoms with van der Waals surface area (Å²) in [5, 5.41) is 17.0. The minimum atomic E-state index is -0.893. The van der Waals surface area contributed by atoms with Gasteiger partial charge in [0.05, 0.1) is 5.56 Å². The molecule has 7 heteroatoms. The molecule has 0 saturated heterocycles. The maximum atomic E-state index is 10.9. The fourth-order valence-corrected chi connectivity index (χ4v) is 3.98. The third kappa shape index (κ3) is 3.71. The molecule has 0 aliphatic heterocycles. The summed E-state index contributed by atoms with van der Waals surface area (Å²) in [6.45, 7) is 1.93. The van der Waals surface area contributed by atoms with Gasteiger partial charge in [0.2, 0.25) is 0 Å². The first-order valence-electron chi connectivity index (χ1n) is 5.43. The Labute approximate surface area is 123 Å². The molecule has 1 aromatic carbocycles. The van der Waals surface area contributed by atoms with Gasteiger partial charge in [-0.1, -0.05) is 40.9 Å². The first-order valence-corrected chi connectivity index (χ1v) is 8.46. The van der Waals surface area contributed by atoms with Gasteiger partial charge in [-0.3, -0.25) is 0 Å². The minimum Gasteiger partial charge on any atom is -0.478 e. The molecule has 2 rings (SSSR count). The predicted molar refractivity (Wildman–Crippen MR) is 79.4 cm³/mol. The molecule has 1 N–H and O–H groups in total. The van der Waals surface area contributed by atoms with Crippen LogP contribution in [0, 0.1) is 6.92 Å². The second-order valence-corrected chi connectivity index (χ2v) is 7.03. The molecule has 0 amide bonds. The van der Waals surface area contributed by atoms with Gasteiger partial charge < -0.3 is 5.11 Å². The smallest absolute Gasteiger partial charge is 0.335 e. The van der Waals surface area contributed by atoms with Gasteiger partial charge in [-0.15, -0.1) is 10.2 Å². The van der Waals surface area contributed by atoms with Gasteiger partial charge in [-0.25, -0.2) is 4.79 Å². The Hall–Kier alpha value is -1.05. The number of aromatic nitrogens is 2. The molecule has 0 unspecified atom stereocenters. The number of benzene rings is 1. The summed E-state index contributed by atoms with van der Waals surface area (Å²) in [4.78, 5) is 10.9. The van der Waals surface area contributed by atoms with Crippen LogP contribution in [0.5, 0.6) is 0 Å². The number of aryl methyl sites for hydroxylation is 1. The van der Waals surface area contributed by atoms with E-state index in [1.54, 1.807) is 47.0 Å². The van der Waals surface area contributed by atoms with E-state index in [1.807, 2.05) is 19.2 Å². The van der Waals surface area contributed by atoms with Crippen LogP contribution in [0.1, 0.15) is 21.5 Å². The van der Waals surface area contributed by atoms with E-state index in [0.29, 0.717) is 5.56 Å². The second kappa shape index (κ2) is 6.40. The zero-order valence-corrected chi connectivity index (χ0v) is 12.9. The van der Waals surface area contributed by atoms with E-state index >= 15 is 0 Å². The standard InChI is InChI=1S/C12H12N2O2S3/c1-7-5-8(10(15)16)3-4-9(7)6-18-12-14-13-11(17-2)19-12/h3-5H,6H2,1-2H3,(H,15,16). The number of nitrogens with zero attached hydrogens (tertiary/aromatic N) is 2. The highest BCUT2D eigenvalue weighted by Gasteiger charge is 2.08. The summed E-state index contributed by atoms with van der Waals surface area (Å²) in [5.41, 5.74) is 2.43. The fourth-order valence-electron chi connectivity index (χ4n) is 1.47. The van der Waals surface area contributed by atoms with Crippen molar-refractivity contribution < 1.29 is 9.90 Å². The summed E-state index contributed by atoms with van der Waals surface area (Å²) in [6, 6.07) is 5.20. The molecule has 1 heterocycles. The largest absolute Gasteiger partial charge is 0.478 e. The lowest BCUT2D eigenvalue weighted by atomic mass is 10.1. The van der Waals surface area contributed by atoms with Gasteiger partial charge in [0, 0.05) is 5.75 Å². The molecule has 2 aromatic rings. The molecule has 0 bridgehead atoms. The number of aromatic carboxylic acids is 1. The molecule has 0 fully saturated rings. The van der Waals surface area contributed by atoms with Crippen LogP contribution in [0.2, 0.25) is 0 Å². The Morgan fingerprint density at radius 3 is 2.68 bits per heavy atom. The van der Waals surface area contributed by atoms with E-state index < -0.39 is 5.97 Å². The fraction of sp³-hybridized carbons (Fsp3) is 0.250. The molecular weight excluding hydrogens is 300 g/mol. The number of hydrogen-bond acceptors (Lipinski definition) is 6. The van der Waals surface area contributed by atoms with Crippen LogP contribution in [-0.2, 0) is 5.75 Å². The number of thioether (sulfide) groups is 2. The Morgan fingerprint density at radius 2 is 2.11 bits per heavy atom. The van der Waals surface area contributed by atoms with Gasteiger partial charge in [0.1, 0.15) is 0 Å². The SMILES string of the molecule is CSc1nnc(SCc2ccc(C(=O)O)cc2C)s1. The van der Waals surface area contributed by atoms with Crippen molar-refractivity contribution in [3.8, 4) is 0 Å². The van der Waals surface area contributed by atoms with E-state index in [9.17, 15) is 4.79 Å². The average molecular weight is 312 g/mol. The van der Waals surface area contributed by atoms with Crippen LogP contribution in [0.25, 0.3) is 0 Å². The van der Waals surface area contributed by atoms with E-state index in [0.717, 1.165) is 25.6 Å². The Kier molecular flexibility index (Phi) is 4.84. The monoisotopic (exact) mass is 312 g/mol. The summed E-state index contributed by atoms with van der Waals surface area (Å²) < 4.78 is 1.89. The lowest BCUT2D eigenvalue weighted by Crippen LogP contribution is -1.98. The third-order valence-electron chi connectivity index (χ3n) is 2.50. The zero-order valence-electron chi connectivity index (χ0n) is 10.4. The highest BCUT2D eigenvalue weighted by atomic mass is 32.2. The van der Waals surface area contributed by atoms with E-state index in [-0.39, 0.29) is 0 Å². The van der Waals surface area contributed by atoms with Crippen LogP contribution in [0.3, 0.4) is 0 Å². The van der Waals surface area contributed by atoms with Crippen LogP contribution >= 0.6 is 34.9 Å². The number of rotatable bonds is 5. The molecule has 1 aromatic heterocycles. The summed E-state index contributed by atoms with van der Waals surface area (Å²) in [6.07, 6.45) is 1.98. The first kappa shape index (κ1) is 14.4. The number of carboxylic acid groups (broad SMARTS) is 1. The average Bonchev–Trinajstić information content (AvgIpc) is 2.85. The molecule has 0 saturated carbocycles. The van der Waals surface area contributed by atoms with Gasteiger partial charge in [-0.2, -0.15) is 0 Å². The summed E-state index contributed by atoms with van der Waals surface area (Å²) in [7, 11) is 0. The molecule has 100 valence electrons. The lowest BCUT2D eigenvalue weighted by Gasteiger charge is -2.05. The molecule has 19 heavy (non-hydrogen) atoms. The Balaban J connectivity index is 2.05. The number of hydrogen-bond donors (Lipinski definition) is 1. The minimum absolute atomic E-state index is 0.326. The molecule has 0 aliphatic rings. The van der Waals surface area contributed by atoms with Crippen LogP contribution in [-0.4, -0.2) is 27.5 Å². The topological polar surface area (TPSA) is 63.1 Å². The third-order valence-corrected chi connectivity index (χ3v) is 5.58. The molecular formula is C12H12N2O2S3. The van der Waals surface area contributed by atoms with Crippen LogP contribution < -0.4 is 0 Å². The van der Waals surface area contributed by atoms with Gasteiger partial charge in [-0.05, 0) is 36.4 Å². The van der Waals surface area contributed by atoms with Crippen molar-refractivity contribution in [1.29, 1.82) is 0 Å². The van der Waals surface area contributed by atoms with Gasteiger partial charge >= 0.3 is 5.97 Å². The number of carbonyl (C=O) groups is 1. The molecule has 4 nitrogen and oxygen atoms in total. The first-order chi connectivity index (χ1) is 9.10. The zero-order chi connectivity index (χ0) is 13.8. The highest BCUT2D eigenvalue weighted by molar-refractivity contribution is 8.02. The molecule has 0 atom stereocenters. The second-order valence-electron chi connectivity index (χ2n) is 3.77. The quantitative estimate of drug-likeness (QED) is 0.852. The highest BCUT2D eigenvalue weighted by Crippen LogP contribution is 2.30. The van der Waals surface area contributed by atoms with Crippen molar-refractivity contribution in [2.75, 3.05) is 6.26 Å². The van der Waals surface area contributed by atoms with Crippen molar-refractivity contribution in [2.24, 2.45) is 0 Å². The number of carboxylic acids is 1. The Morgan fingerprint density at radius 1 is 1.37 bits per heavy atom. The van der Waals surface area contributed by atoms with E-state index in [4.69, 9.17) is 5.11 Å². The maximum Gasteiger partial charge on any atom is 0.335 e. The molecule has 0 aliphatic carbocycles. The van der Waals surface area contributed by atoms with E-state index in [1.165, 1.54) is 0 Å². The lowest BCUT2D eigenvalue weighted by molar-refractivity contribution is 0.0697. The van der Waals surface area contributed by atoms with Crippen molar-refractivity contribution in [2.45, 2.75) is 21.4 Å². The Bertz CT molecular complexity index is 598. The summed E-state index contributed by atoms with van der Waals surface area (Å²) in [5.74, 6) is -0.120. The van der Waals surface area contributed by atoms with Crippen molar-refractivity contribution in [3.63, 3.8) is 0 Å². The normalized spacial score (nSPS) is 10.6. The molecule has 0 spiro atoms. The van der Waals surface area contributed by atoms with E-state index in [2.05, 4.69) is 10.2 Å². The summed E-state index contributed by atoms with van der Waals surface area (Å²) >= 11 is 4.78.